The first-order valence-electron chi connectivity index (χ1n) is 6.34. The molecule has 0 saturated heterocycles. The lowest BCUT2D eigenvalue weighted by molar-refractivity contribution is -0.137. The van der Waals surface area contributed by atoms with Gasteiger partial charge < -0.3 is 5.32 Å². The second-order valence-electron chi connectivity index (χ2n) is 4.68. The number of hydrogen-bond acceptors (Lipinski definition) is 2. The summed E-state index contributed by atoms with van der Waals surface area (Å²) >= 11 is 3.36. The van der Waals surface area contributed by atoms with Crippen LogP contribution >= 0.6 is 15.9 Å². The van der Waals surface area contributed by atoms with Crippen molar-refractivity contribution in [3.63, 3.8) is 0 Å². The maximum absolute atomic E-state index is 12.5. The van der Waals surface area contributed by atoms with E-state index >= 15 is 0 Å². The number of benzene rings is 1. The van der Waals surface area contributed by atoms with Crippen molar-refractivity contribution in [2.24, 2.45) is 0 Å². The normalized spacial score (nSPS) is 13.2. The molecule has 0 spiro atoms. The molecule has 1 N–H and O–H groups in total. The topological polar surface area (TPSA) is 24.9 Å². The first-order chi connectivity index (χ1) is 9.90. The average molecular weight is 359 g/mol. The largest absolute Gasteiger partial charge is 0.416 e. The number of rotatable bonds is 4. The molecule has 1 heterocycles. The predicted octanol–water partition coefficient (Wildman–Crippen LogP) is 4.37. The second kappa shape index (κ2) is 6.58. The standard InChI is InChI=1S/C15H14BrF3N2/c1-20-14(11-7-13(16)9-21-8-11)6-10-2-4-12(5-3-10)15(17,18)19/h2-5,7-9,14,20H,6H2,1H3. The van der Waals surface area contributed by atoms with Crippen molar-refractivity contribution in [1.82, 2.24) is 10.3 Å². The molecule has 0 aliphatic heterocycles. The van der Waals surface area contributed by atoms with E-state index in [9.17, 15) is 13.2 Å². The number of likely N-dealkylation sites (N-methyl/N-ethyl adjacent to an activating group) is 1. The van der Waals surface area contributed by atoms with Crippen LogP contribution in [0.25, 0.3) is 0 Å². The fourth-order valence-electron chi connectivity index (χ4n) is 2.07. The molecule has 1 aromatic carbocycles. The fourth-order valence-corrected chi connectivity index (χ4v) is 2.45. The molecule has 0 radical (unpaired) electrons. The van der Waals surface area contributed by atoms with E-state index in [0.717, 1.165) is 27.7 Å². The predicted molar refractivity (Wildman–Crippen MR) is 78.9 cm³/mol. The molecule has 0 aliphatic carbocycles. The van der Waals surface area contributed by atoms with Crippen LogP contribution < -0.4 is 5.32 Å². The van der Waals surface area contributed by atoms with Gasteiger partial charge in [-0.25, -0.2) is 0 Å². The highest BCUT2D eigenvalue weighted by molar-refractivity contribution is 9.10. The second-order valence-corrected chi connectivity index (χ2v) is 5.59. The Bertz CT molecular complexity index is 597. The molecule has 0 amide bonds. The summed E-state index contributed by atoms with van der Waals surface area (Å²) in [6.45, 7) is 0. The number of nitrogens with one attached hydrogen (secondary N) is 1. The molecule has 112 valence electrons. The molecule has 0 aliphatic rings. The molecule has 0 saturated carbocycles. The highest BCUT2D eigenvalue weighted by Gasteiger charge is 2.30. The summed E-state index contributed by atoms with van der Waals surface area (Å²) in [5.74, 6) is 0. The molecule has 2 rings (SSSR count). The lowest BCUT2D eigenvalue weighted by atomic mass is 9.99. The van der Waals surface area contributed by atoms with Crippen LogP contribution in [0.4, 0.5) is 13.2 Å². The van der Waals surface area contributed by atoms with E-state index in [1.165, 1.54) is 12.1 Å². The number of pyridine rings is 1. The lowest BCUT2D eigenvalue weighted by Crippen LogP contribution is -2.19. The van der Waals surface area contributed by atoms with Crippen LogP contribution in [-0.2, 0) is 12.6 Å². The zero-order chi connectivity index (χ0) is 15.5. The molecule has 1 atom stereocenters. The monoisotopic (exact) mass is 358 g/mol. The smallest absolute Gasteiger partial charge is 0.313 e. The van der Waals surface area contributed by atoms with E-state index in [1.807, 2.05) is 13.1 Å². The Labute approximate surface area is 129 Å². The minimum absolute atomic E-state index is 0.00765. The van der Waals surface area contributed by atoms with Crippen LogP contribution in [0.1, 0.15) is 22.7 Å². The third-order valence-electron chi connectivity index (χ3n) is 3.20. The molecule has 2 nitrogen and oxygen atoms in total. The molecule has 1 unspecified atom stereocenters. The van der Waals surface area contributed by atoms with Crippen LogP contribution in [-0.4, -0.2) is 12.0 Å². The SMILES string of the molecule is CNC(Cc1ccc(C(F)(F)F)cc1)c1cncc(Br)c1. The van der Waals surface area contributed by atoms with Gasteiger partial charge in [0.05, 0.1) is 5.56 Å². The van der Waals surface area contributed by atoms with Gasteiger partial charge in [-0.3, -0.25) is 4.98 Å². The van der Waals surface area contributed by atoms with Gasteiger partial charge in [0, 0.05) is 22.9 Å². The molecule has 21 heavy (non-hydrogen) atoms. The summed E-state index contributed by atoms with van der Waals surface area (Å²) < 4.78 is 38.5. The highest BCUT2D eigenvalue weighted by Crippen LogP contribution is 2.29. The van der Waals surface area contributed by atoms with Crippen molar-refractivity contribution in [2.45, 2.75) is 18.6 Å². The molecule has 6 heteroatoms. The first-order valence-corrected chi connectivity index (χ1v) is 7.13. The van der Waals surface area contributed by atoms with Crippen molar-refractivity contribution < 1.29 is 13.2 Å². The Morgan fingerprint density at radius 2 is 1.86 bits per heavy atom. The Morgan fingerprint density at radius 1 is 1.19 bits per heavy atom. The Balaban J connectivity index is 2.15. The summed E-state index contributed by atoms with van der Waals surface area (Å²) in [5, 5.41) is 3.16. The minimum atomic E-state index is -4.30. The maximum Gasteiger partial charge on any atom is 0.416 e. The van der Waals surface area contributed by atoms with E-state index in [-0.39, 0.29) is 6.04 Å². The van der Waals surface area contributed by atoms with Crippen LogP contribution in [0, 0.1) is 0 Å². The quantitative estimate of drug-likeness (QED) is 0.877. The zero-order valence-electron chi connectivity index (χ0n) is 11.3. The number of hydrogen-bond donors (Lipinski definition) is 1. The minimum Gasteiger partial charge on any atom is -0.313 e. The summed E-state index contributed by atoms with van der Waals surface area (Å²) in [6, 6.07) is 7.18. The third-order valence-corrected chi connectivity index (χ3v) is 3.63. The van der Waals surface area contributed by atoms with Gasteiger partial charge in [0.2, 0.25) is 0 Å². The van der Waals surface area contributed by atoms with Gasteiger partial charge in [0.25, 0.3) is 0 Å². The van der Waals surface area contributed by atoms with Gasteiger partial charge in [-0.2, -0.15) is 13.2 Å². The number of halogens is 4. The molecule has 1 aromatic heterocycles. The molecule has 0 fully saturated rings. The zero-order valence-corrected chi connectivity index (χ0v) is 12.9. The van der Waals surface area contributed by atoms with Crippen molar-refractivity contribution in [1.29, 1.82) is 0 Å². The average Bonchev–Trinajstić information content (AvgIpc) is 2.44. The Hall–Kier alpha value is -1.40. The first kappa shape index (κ1) is 16.0. The van der Waals surface area contributed by atoms with Gasteiger partial charge >= 0.3 is 6.18 Å². The van der Waals surface area contributed by atoms with Crippen molar-refractivity contribution >= 4 is 15.9 Å². The van der Waals surface area contributed by atoms with Crippen molar-refractivity contribution in [2.75, 3.05) is 7.05 Å². The van der Waals surface area contributed by atoms with Crippen molar-refractivity contribution in [3.05, 3.63) is 63.9 Å². The van der Waals surface area contributed by atoms with Gasteiger partial charge in [0.1, 0.15) is 0 Å². The fraction of sp³-hybridized carbons (Fsp3) is 0.267. The molecule has 0 bridgehead atoms. The van der Waals surface area contributed by atoms with Gasteiger partial charge in [-0.05, 0) is 58.7 Å². The molecular formula is C15H14BrF3N2. The summed E-state index contributed by atoms with van der Waals surface area (Å²) in [5.41, 5.74) is 1.19. The number of alkyl halides is 3. The lowest BCUT2D eigenvalue weighted by Gasteiger charge is -2.17. The van der Waals surface area contributed by atoms with Crippen LogP contribution in [0.2, 0.25) is 0 Å². The van der Waals surface area contributed by atoms with E-state index in [2.05, 4.69) is 26.2 Å². The summed E-state index contributed by atoms with van der Waals surface area (Å²) in [7, 11) is 1.82. The van der Waals surface area contributed by atoms with E-state index < -0.39 is 11.7 Å². The molecule has 2 aromatic rings. The summed E-state index contributed by atoms with van der Waals surface area (Å²) in [6.07, 6.45) is -0.272. The Kier molecular flexibility index (Phi) is 5.00. The third kappa shape index (κ3) is 4.28. The van der Waals surface area contributed by atoms with E-state index in [4.69, 9.17) is 0 Å². The van der Waals surface area contributed by atoms with Crippen molar-refractivity contribution in [3.8, 4) is 0 Å². The van der Waals surface area contributed by atoms with Crippen LogP contribution in [0.5, 0.6) is 0 Å². The van der Waals surface area contributed by atoms with Gasteiger partial charge in [-0.1, -0.05) is 12.1 Å². The van der Waals surface area contributed by atoms with Gasteiger partial charge in [-0.15, -0.1) is 0 Å². The number of nitrogens with zero attached hydrogens (tertiary/aromatic N) is 1. The highest BCUT2D eigenvalue weighted by atomic mass is 79.9. The summed E-state index contributed by atoms with van der Waals surface area (Å²) in [4.78, 5) is 4.11. The van der Waals surface area contributed by atoms with Crippen LogP contribution in [0.3, 0.4) is 0 Å². The molecular weight excluding hydrogens is 345 g/mol. The van der Waals surface area contributed by atoms with E-state index in [1.54, 1.807) is 12.4 Å². The maximum atomic E-state index is 12.5. The number of aromatic nitrogens is 1. The van der Waals surface area contributed by atoms with Crippen LogP contribution in [0.15, 0.2) is 47.2 Å². The van der Waals surface area contributed by atoms with Gasteiger partial charge in [0.15, 0.2) is 0 Å². The Morgan fingerprint density at radius 3 is 2.38 bits per heavy atom. The van der Waals surface area contributed by atoms with E-state index in [0.29, 0.717) is 6.42 Å².